The van der Waals surface area contributed by atoms with Gasteiger partial charge in [-0.15, -0.1) is 11.3 Å². The molecule has 1 saturated heterocycles. The summed E-state index contributed by atoms with van der Waals surface area (Å²) < 4.78 is 0. The van der Waals surface area contributed by atoms with Gasteiger partial charge in [0, 0.05) is 23.5 Å². The minimum Gasteiger partial charge on any atom is -0.327 e. The lowest BCUT2D eigenvalue weighted by Gasteiger charge is -2.41. The highest BCUT2D eigenvalue weighted by Crippen LogP contribution is 2.25. The Kier molecular flexibility index (Phi) is 5.60. The number of nitriles is 1. The zero-order valence-electron chi connectivity index (χ0n) is 16.9. The highest BCUT2D eigenvalue weighted by molar-refractivity contribution is 7.13. The molecule has 1 aliphatic heterocycles. The van der Waals surface area contributed by atoms with Crippen LogP contribution in [0.5, 0.6) is 0 Å². The van der Waals surface area contributed by atoms with Crippen molar-refractivity contribution in [1.29, 1.82) is 16.1 Å². The monoisotopic (exact) mass is 428 g/mol. The molecule has 0 bridgehead atoms. The molecule has 1 aromatic carbocycles. The van der Waals surface area contributed by atoms with E-state index in [1.807, 2.05) is 47.8 Å². The number of rotatable bonds is 3. The van der Waals surface area contributed by atoms with E-state index in [0.717, 1.165) is 10.4 Å². The fraction of sp³-hybridized carbons (Fsp3) is 0.174. The van der Waals surface area contributed by atoms with Crippen molar-refractivity contribution in [2.45, 2.75) is 13.0 Å². The van der Waals surface area contributed by atoms with Crippen LogP contribution in [0.2, 0.25) is 0 Å². The lowest BCUT2D eigenvalue weighted by molar-refractivity contribution is 0.0701. The van der Waals surface area contributed by atoms with Gasteiger partial charge in [-0.25, -0.2) is 4.98 Å². The second-order valence-corrected chi connectivity index (χ2v) is 8.08. The average molecular weight is 429 g/mol. The van der Waals surface area contributed by atoms with Crippen molar-refractivity contribution in [3.63, 3.8) is 0 Å². The number of amidine groups is 2. The van der Waals surface area contributed by atoms with Gasteiger partial charge in [0.1, 0.15) is 23.3 Å². The molecule has 0 spiro atoms. The van der Waals surface area contributed by atoms with E-state index < -0.39 is 6.04 Å². The van der Waals surface area contributed by atoms with Crippen LogP contribution in [-0.4, -0.2) is 51.5 Å². The molecule has 3 heterocycles. The molecule has 7 nitrogen and oxygen atoms in total. The van der Waals surface area contributed by atoms with Crippen LogP contribution in [0.4, 0.5) is 0 Å². The largest absolute Gasteiger partial charge is 0.327 e. The first kappa shape index (κ1) is 20.4. The fourth-order valence-electron chi connectivity index (χ4n) is 3.56. The first-order valence-corrected chi connectivity index (χ1v) is 10.6. The van der Waals surface area contributed by atoms with Gasteiger partial charge in [-0.2, -0.15) is 5.26 Å². The summed E-state index contributed by atoms with van der Waals surface area (Å²) in [4.78, 5) is 21.6. The number of pyridine rings is 1. The molecule has 1 atom stereocenters. The summed E-state index contributed by atoms with van der Waals surface area (Å²) in [6.45, 7) is 2.49. The number of nitrogens with zero attached hydrogens (tertiary/aromatic N) is 4. The van der Waals surface area contributed by atoms with E-state index in [0.29, 0.717) is 24.3 Å². The molecule has 0 radical (unpaired) electrons. The van der Waals surface area contributed by atoms with Crippen molar-refractivity contribution in [2.75, 3.05) is 13.1 Å². The van der Waals surface area contributed by atoms with Crippen LogP contribution in [0.25, 0.3) is 10.4 Å². The normalized spacial score (nSPS) is 16.1. The molecule has 154 valence electrons. The molecule has 1 aliphatic rings. The Hall–Kier alpha value is -3.83. The maximum atomic E-state index is 13.1. The third-order valence-electron chi connectivity index (χ3n) is 5.29. The Morgan fingerprint density at radius 2 is 1.94 bits per heavy atom. The van der Waals surface area contributed by atoms with Gasteiger partial charge < -0.3 is 9.80 Å². The summed E-state index contributed by atoms with van der Waals surface area (Å²) >= 11 is 1.65. The van der Waals surface area contributed by atoms with Crippen LogP contribution < -0.4 is 0 Å². The average Bonchev–Trinajstić information content (AvgIpc) is 3.35. The molecular formula is C23H20N6OS. The zero-order valence-corrected chi connectivity index (χ0v) is 17.7. The summed E-state index contributed by atoms with van der Waals surface area (Å²) in [5.41, 5.74) is 2.20. The van der Waals surface area contributed by atoms with Crippen LogP contribution in [0.15, 0.2) is 60.0 Å². The van der Waals surface area contributed by atoms with Crippen molar-refractivity contribution >= 4 is 28.9 Å². The summed E-state index contributed by atoms with van der Waals surface area (Å²) in [6, 6.07) is 17.9. The number of thiophene rings is 1. The standard InChI is InChI=1S/C23H20N6OS/c1-15-21(25)29(22(26)19-5-2-4-18(14-24)27-19)12-11-28(15)23(30)17-9-7-16(8-10-17)20-6-3-13-31-20/h2-10,13,15,25-26H,11-12H2,1H3/t15-/m1/s1. The van der Waals surface area contributed by atoms with Gasteiger partial charge in [0.05, 0.1) is 6.04 Å². The molecular weight excluding hydrogens is 408 g/mol. The third kappa shape index (κ3) is 3.96. The quantitative estimate of drug-likeness (QED) is 0.488. The predicted molar refractivity (Wildman–Crippen MR) is 120 cm³/mol. The van der Waals surface area contributed by atoms with Crippen LogP contribution in [-0.2, 0) is 0 Å². The molecule has 0 aliphatic carbocycles. The minimum atomic E-state index is -0.488. The van der Waals surface area contributed by atoms with Crippen LogP contribution in [0.3, 0.4) is 0 Å². The number of piperazine rings is 1. The number of amides is 1. The third-order valence-corrected chi connectivity index (χ3v) is 6.21. The number of benzene rings is 1. The molecule has 1 fully saturated rings. The van der Waals surface area contributed by atoms with E-state index in [2.05, 4.69) is 4.98 Å². The SMILES string of the molecule is C[C@@H]1C(=N)N(C(=N)c2cccc(C#N)n2)CCN1C(=O)c1ccc(-c2cccs2)cc1. The highest BCUT2D eigenvalue weighted by Gasteiger charge is 2.34. The van der Waals surface area contributed by atoms with Gasteiger partial charge in [0.15, 0.2) is 5.84 Å². The van der Waals surface area contributed by atoms with E-state index in [4.69, 9.17) is 16.1 Å². The molecule has 8 heteroatoms. The molecule has 3 aromatic rings. The second kappa shape index (κ2) is 8.50. The van der Waals surface area contributed by atoms with Gasteiger partial charge >= 0.3 is 0 Å². The lowest BCUT2D eigenvalue weighted by Crippen LogP contribution is -2.58. The molecule has 0 saturated carbocycles. The summed E-state index contributed by atoms with van der Waals surface area (Å²) in [5.74, 6) is 0.0797. The lowest BCUT2D eigenvalue weighted by atomic mass is 10.1. The molecule has 31 heavy (non-hydrogen) atoms. The predicted octanol–water partition coefficient (Wildman–Crippen LogP) is 3.83. The first-order chi connectivity index (χ1) is 15.0. The Labute approximate surface area is 184 Å². The summed E-state index contributed by atoms with van der Waals surface area (Å²) in [6.07, 6.45) is 0. The number of hydrogen-bond acceptors (Lipinski definition) is 6. The van der Waals surface area contributed by atoms with Crippen molar-refractivity contribution in [3.05, 3.63) is 76.9 Å². The molecule has 1 amide bonds. The number of hydrogen-bond donors (Lipinski definition) is 2. The Bertz CT molecular complexity index is 1180. The fourth-order valence-corrected chi connectivity index (χ4v) is 4.29. The molecule has 2 N–H and O–H groups in total. The number of carbonyl (C=O) groups is 1. The Morgan fingerprint density at radius 1 is 1.16 bits per heavy atom. The highest BCUT2D eigenvalue weighted by atomic mass is 32.1. The maximum absolute atomic E-state index is 13.1. The van der Waals surface area contributed by atoms with Gasteiger partial charge in [-0.1, -0.05) is 24.3 Å². The van der Waals surface area contributed by atoms with E-state index in [9.17, 15) is 4.79 Å². The zero-order chi connectivity index (χ0) is 22.0. The molecule has 2 aromatic heterocycles. The molecule has 0 unspecified atom stereocenters. The van der Waals surface area contributed by atoms with Gasteiger partial charge in [0.2, 0.25) is 0 Å². The molecule has 4 rings (SSSR count). The first-order valence-electron chi connectivity index (χ1n) is 9.76. The minimum absolute atomic E-state index is 0.0568. The van der Waals surface area contributed by atoms with Crippen molar-refractivity contribution in [3.8, 4) is 16.5 Å². The van der Waals surface area contributed by atoms with E-state index >= 15 is 0 Å². The number of carbonyl (C=O) groups excluding carboxylic acids is 1. The van der Waals surface area contributed by atoms with Crippen molar-refractivity contribution in [1.82, 2.24) is 14.8 Å². The topological polar surface area (TPSA) is 108 Å². The van der Waals surface area contributed by atoms with Crippen LogP contribution in [0, 0.1) is 22.1 Å². The number of nitrogens with one attached hydrogen (secondary N) is 2. The van der Waals surface area contributed by atoms with E-state index in [1.54, 1.807) is 41.4 Å². The van der Waals surface area contributed by atoms with Gasteiger partial charge in [-0.05, 0) is 48.2 Å². The van der Waals surface area contributed by atoms with Gasteiger partial charge in [0.25, 0.3) is 5.91 Å². The second-order valence-electron chi connectivity index (χ2n) is 7.13. The Morgan fingerprint density at radius 3 is 2.61 bits per heavy atom. The Balaban J connectivity index is 1.49. The summed E-state index contributed by atoms with van der Waals surface area (Å²) in [7, 11) is 0. The van der Waals surface area contributed by atoms with Gasteiger partial charge in [-0.3, -0.25) is 15.6 Å². The van der Waals surface area contributed by atoms with E-state index in [-0.39, 0.29) is 23.3 Å². The maximum Gasteiger partial charge on any atom is 0.254 e. The van der Waals surface area contributed by atoms with Crippen molar-refractivity contribution in [2.24, 2.45) is 0 Å². The van der Waals surface area contributed by atoms with Crippen molar-refractivity contribution < 1.29 is 4.79 Å². The van der Waals surface area contributed by atoms with E-state index in [1.165, 1.54) is 4.90 Å². The summed E-state index contributed by atoms with van der Waals surface area (Å²) in [5, 5.41) is 28.1. The van der Waals surface area contributed by atoms with Crippen LogP contribution >= 0.6 is 11.3 Å². The number of aromatic nitrogens is 1. The van der Waals surface area contributed by atoms with Crippen LogP contribution in [0.1, 0.15) is 28.7 Å². The smallest absolute Gasteiger partial charge is 0.254 e.